The van der Waals surface area contributed by atoms with Gasteiger partial charge in [-0.25, -0.2) is 4.90 Å². The molecule has 3 nitrogen and oxygen atoms in total. The Morgan fingerprint density at radius 1 is 1.18 bits per heavy atom. The Morgan fingerprint density at radius 2 is 1.71 bits per heavy atom. The molecule has 1 fully saturated rings. The van der Waals surface area contributed by atoms with Crippen molar-refractivity contribution < 1.29 is 9.59 Å². The summed E-state index contributed by atoms with van der Waals surface area (Å²) in [5.74, 6) is -0.869. The maximum Gasteiger partial charge on any atom is 0.237 e. The predicted octanol–water partition coefficient (Wildman–Crippen LogP) is 3.25. The number of hydrogen-bond donors (Lipinski definition) is 0. The molecule has 1 aliphatic heterocycles. The van der Waals surface area contributed by atoms with Gasteiger partial charge in [0.15, 0.2) is 0 Å². The topological polar surface area (TPSA) is 37.4 Å². The summed E-state index contributed by atoms with van der Waals surface area (Å²) in [7, 11) is 0. The highest BCUT2D eigenvalue weighted by atomic mass is 79.9. The first-order chi connectivity index (χ1) is 7.93. The minimum Gasteiger partial charge on any atom is -0.274 e. The molecule has 17 heavy (non-hydrogen) atoms. The van der Waals surface area contributed by atoms with Crippen molar-refractivity contribution in [3.63, 3.8) is 0 Å². The Labute approximate surface area is 113 Å². The van der Waals surface area contributed by atoms with Gasteiger partial charge in [-0.15, -0.1) is 0 Å². The van der Waals surface area contributed by atoms with Crippen LogP contribution in [-0.2, 0) is 9.59 Å². The average Bonchev–Trinajstić information content (AvgIpc) is 2.45. The molecule has 90 valence electrons. The van der Waals surface area contributed by atoms with Gasteiger partial charge in [0.25, 0.3) is 0 Å². The van der Waals surface area contributed by atoms with Gasteiger partial charge < -0.3 is 0 Å². The number of carbonyl (C=O) groups is 2. The zero-order chi connectivity index (χ0) is 12.7. The van der Waals surface area contributed by atoms with E-state index in [4.69, 9.17) is 11.6 Å². The number of anilines is 1. The lowest BCUT2D eigenvalue weighted by molar-refractivity contribution is -0.122. The molecule has 0 aliphatic carbocycles. The second-order valence-corrected chi connectivity index (χ2v) is 5.48. The number of imide groups is 1. The molecule has 1 heterocycles. The molecule has 0 N–H and O–H groups in total. The third-order valence-electron chi connectivity index (χ3n) is 3.12. The van der Waals surface area contributed by atoms with Crippen molar-refractivity contribution in [2.75, 3.05) is 4.90 Å². The van der Waals surface area contributed by atoms with E-state index in [2.05, 4.69) is 15.9 Å². The molecule has 0 bridgehead atoms. The second kappa shape index (κ2) is 4.42. The van der Waals surface area contributed by atoms with Crippen LogP contribution in [0, 0.1) is 11.8 Å². The van der Waals surface area contributed by atoms with Gasteiger partial charge in [0.2, 0.25) is 11.8 Å². The summed E-state index contributed by atoms with van der Waals surface area (Å²) in [6, 6.07) is 5.01. The number of nitrogens with zero attached hydrogens (tertiary/aromatic N) is 1. The predicted molar refractivity (Wildman–Crippen MR) is 70.0 cm³/mol. The fraction of sp³-hybridized carbons (Fsp3) is 0.333. The minimum atomic E-state index is -0.273. The maximum absolute atomic E-state index is 12.0. The monoisotopic (exact) mass is 315 g/mol. The van der Waals surface area contributed by atoms with E-state index in [0.717, 1.165) is 0 Å². The van der Waals surface area contributed by atoms with Crippen LogP contribution in [0.1, 0.15) is 13.8 Å². The lowest BCUT2D eigenvalue weighted by Gasteiger charge is -2.16. The van der Waals surface area contributed by atoms with E-state index < -0.39 is 0 Å². The highest BCUT2D eigenvalue weighted by Crippen LogP contribution is 2.35. The summed E-state index contributed by atoms with van der Waals surface area (Å²) < 4.78 is 0.646. The van der Waals surface area contributed by atoms with Gasteiger partial charge in [0.05, 0.1) is 5.69 Å². The molecular formula is C12H11BrClNO2. The quantitative estimate of drug-likeness (QED) is 0.746. The van der Waals surface area contributed by atoms with E-state index in [9.17, 15) is 9.59 Å². The van der Waals surface area contributed by atoms with E-state index in [-0.39, 0.29) is 23.7 Å². The van der Waals surface area contributed by atoms with Gasteiger partial charge in [-0.2, -0.15) is 0 Å². The van der Waals surface area contributed by atoms with Crippen LogP contribution >= 0.6 is 27.5 Å². The molecule has 2 rings (SSSR count). The molecule has 2 unspecified atom stereocenters. The van der Waals surface area contributed by atoms with E-state index in [1.807, 2.05) is 0 Å². The van der Waals surface area contributed by atoms with Crippen molar-refractivity contribution >= 4 is 45.0 Å². The largest absolute Gasteiger partial charge is 0.274 e. The van der Waals surface area contributed by atoms with Crippen LogP contribution in [0.3, 0.4) is 0 Å². The smallest absolute Gasteiger partial charge is 0.237 e. The third kappa shape index (κ3) is 2.00. The molecule has 0 saturated carbocycles. The number of rotatable bonds is 1. The van der Waals surface area contributed by atoms with E-state index in [1.165, 1.54) is 4.90 Å². The first kappa shape index (κ1) is 12.6. The van der Waals surface area contributed by atoms with Crippen LogP contribution in [0.15, 0.2) is 22.7 Å². The number of hydrogen-bond acceptors (Lipinski definition) is 2. The van der Waals surface area contributed by atoms with Crippen LogP contribution in [0.5, 0.6) is 0 Å². The van der Waals surface area contributed by atoms with Crippen LogP contribution in [0.4, 0.5) is 5.69 Å². The van der Waals surface area contributed by atoms with Gasteiger partial charge in [-0.3, -0.25) is 9.59 Å². The standard InChI is InChI=1S/C12H11BrClNO2/c1-6-7(2)12(17)15(11(6)16)10-4-3-8(14)5-9(10)13/h3-7H,1-2H3. The minimum absolute atomic E-state index is 0.162. The van der Waals surface area contributed by atoms with Crippen LogP contribution in [0.2, 0.25) is 5.02 Å². The SMILES string of the molecule is CC1C(=O)N(c2ccc(Cl)cc2Br)C(=O)C1C. The van der Waals surface area contributed by atoms with Crippen LogP contribution < -0.4 is 4.90 Å². The normalized spacial score (nSPS) is 24.6. The molecular weight excluding hydrogens is 305 g/mol. The fourth-order valence-corrected chi connectivity index (χ4v) is 2.70. The zero-order valence-electron chi connectivity index (χ0n) is 9.41. The Morgan fingerprint density at radius 3 is 2.18 bits per heavy atom. The number of carbonyl (C=O) groups excluding carboxylic acids is 2. The van der Waals surface area contributed by atoms with E-state index in [0.29, 0.717) is 15.2 Å². The second-order valence-electron chi connectivity index (χ2n) is 4.18. The summed E-state index contributed by atoms with van der Waals surface area (Å²) in [5.41, 5.74) is 0.556. The summed E-state index contributed by atoms with van der Waals surface area (Å²) in [5, 5.41) is 0.556. The van der Waals surface area contributed by atoms with E-state index >= 15 is 0 Å². The Hall–Kier alpha value is -0.870. The van der Waals surface area contributed by atoms with Crippen molar-refractivity contribution in [1.29, 1.82) is 0 Å². The number of amides is 2. The van der Waals surface area contributed by atoms with Gasteiger partial charge in [0.1, 0.15) is 0 Å². The molecule has 1 aromatic carbocycles. The molecule has 1 aliphatic rings. The zero-order valence-corrected chi connectivity index (χ0v) is 11.7. The first-order valence-corrected chi connectivity index (χ1v) is 6.43. The van der Waals surface area contributed by atoms with Crippen molar-refractivity contribution in [3.8, 4) is 0 Å². The van der Waals surface area contributed by atoms with Crippen LogP contribution in [0.25, 0.3) is 0 Å². The number of benzene rings is 1. The summed E-state index contributed by atoms with van der Waals surface area (Å²) in [6.07, 6.45) is 0. The molecule has 5 heteroatoms. The van der Waals surface area contributed by atoms with Gasteiger partial charge in [-0.1, -0.05) is 25.4 Å². The summed E-state index contributed by atoms with van der Waals surface area (Å²) in [4.78, 5) is 25.3. The molecule has 2 amide bonds. The number of halogens is 2. The molecule has 1 aromatic rings. The molecule has 0 aromatic heterocycles. The van der Waals surface area contributed by atoms with Gasteiger partial charge in [-0.05, 0) is 34.1 Å². The summed E-state index contributed by atoms with van der Waals surface area (Å²) in [6.45, 7) is 3.55. The van der Waals surface area contributed by atoms with Crippen molar-refractivity contribution in [3.05, 3.63) is 27.7 Å². The average molecular weight is 317 g/mol. The summed E-state index contributed by atoms with van der Waals surface area (Å²) >= 11 is 9.16. The highest BCUT2D eigenvalue weighted by molar-refractivity contribution is 9.10. The van der Waals surface area contributed by atoms with Crippen LogP contribution in [-0.4, -0.2) is 11.8 Å². The fourth-order valence-electron chi connectivity index (χ4n) is 1.84. The Kier molecular flexibility index (Phi) is 3.27. The maximum atomic E-state index is 12.0. The van der Waals surface area contributed by atoms with Crippen molar-refractivity contribution in [2.45, 2.75) is 13.8 Å². The van der Waals surface area contributed by atoms with Crippen molar-refractivity contribution in [1.82, 2.24) is 0 Å². The van der Waals surface area contributed by atoms with E-state index in [1.54, 1.807) is 32.0 Å². The first-order valence-electron chi connectivity index (χ1n) is 5.26. The Balaban J connectivity index is 2.47. The molecule has 1 saturated heterocycles. The third-order valence-corrected chi connectivity index (χ3v) is 3.99. The molecule has 2 atom stereocenters. The van der Waals surface area contributed by atoms with Gasteiger partial charge >= 0.3 is 0 Å². The molecule has 0 radical (unpaired) electrons. The van der Waals surface area contributed by atoms with Gasteiger partial charge in [0, 0.05) is 21.3 Å². The lowest BCUT2D eigenvalue weighted by atomic mass is 10.00. The highest BCUT2D eigenvalue weighted by Gasteiger charge is 2.43. The lowest BCUT2D eigenvalue weighted by Crippen LogP contribution is -2.30. The molecule has 0 spiro atoms. The Bertz CT molecular complexity index is 483. The van der Waals surface area contributed by atoms with Crippen molar-refractivity contribution in [2.24, 2.45) is 11.8 Å².